The van der Waals surface area contributed by atoms with Crippen molar-refractivity contribution in [3.8, 4) is 0 Å². The molecule has 1 heterocycles. The van der Waals surface area contributed by atoms with Gasteiger partial charge in [0.1, 0.15) is 18.7 Å². The summed E-state index contributed by atoms with van der Waals surface area (Å²) in [5.41, 5.74) is 1.65. The minimum atomic E-state index is -0.996. The third-order valence-corrected chi connectivity index (χ3v) is 20.9. The van der Waals surface area contributed by atoms with Crippen molar-refractivity contribution in [1.82, 2.24) is 36.0 Å². The number of hydrogen-bond donors (Lipinski definition) is 6. The monoisotopic (exact) mass is 1680 g/mol. The van der Waals surface area contributed by atoms with Gasteiger partial charge in [0.2, 0.25) is 41.4 Å². The van der Waals surface area contributed by atoms with Crippen LogP contribution in [0.1, 0.15) is 170 Å². The van der Waals surface area contributed by atoms with Gasteiger partial charge in [0, 0.05) is 84.8 Å². The number of carbonyl (C=O) groups excluding carboxylic acids is 11. The molecule has 2 aromatic rings. The predicted octanol–water partition coefficient (Wildman–Crippen LogP) is 7.53. The Bertz CT molecular complexity index is 3310. The summed E-state index contributed by atoms with van der Waals surface area (Å²) in [6.07, 6.45) is 4.77. The van der Waals surface area contributed by atoms with Gasteiger partial charge in [-0.05, 0) is 92.5 Å². The highest BCUT2D eigenvalue weighted by Crippen LogP contribution is 2.32. The molecule has 8 amide bonds. The minimum absolute atomic E-state index is 0.0125. The fourth-order valence-corrected chi connectivity index (χ4v) is 13.8. The first-order valence-electron chi connectivity index (χ1n) is 42.2. The van der Waals surface area contributed by atoms with E-state index in [1.807, 2.05) is 59.7 Å². The number of nitrogens with one attached hydrogen (secondary N) is 5. The maximum absolute atomic E-state index is 14.9. The molecule has 32 nitrogen and oxygen atoms in total. The van der Waals surface area contributed by atoms with Gasteiger partial charge in [-0.1, -0.05) is 124 Å². The first-order chi connectivity index (χ1) is 56.9. The van der Waals surface area contributed by atoms with Gasteiger partial charge in [0.15, 0.2) is 11.6 Å². The predicted molar refractivity (Wildman–Crippen MR) is 447 cm³/mol. The number of anilines is 1. The summed E-state index contributed by atoms with van der Waals surface area (Å²) in [6, 6.07) is 11.1. The molecular weight excluding hydrogens is 1540 g/mol. The van der Waals surface area contributed by atoms with Crippen molar-refractivity contribution in [2.24, 2.45) is 35.5 Å². The molecule has 0 aromatic heterocycles. The van der Waals surface area contributed by atoms with Gasteiger partial charge < -0.3 is 103 Å². The van der Waals surface area contributed by atoms with Crippen molar-refractivity contribution in [1.29, 1.82) is 0 Å². The van der Waals surface area contributed by atoms with Crippen LogP contribution in [0.15, 0.2) is 66.7 Å². The third-order valence-electron chi connectivity index (χ3n) is 20.9. The molecule has 1 aliphatic rings. The normalized spacial score (nSPS) is 15.7. The zero-order valence-corrected chi connectivity index (χ0v) is 73.6. The van der Waals surface area contributed by atoms with Crippen LogP contribution in [0.2, 0.25) is 0 Å². The summed E-state index contributed by atoms with van der Waals surface area (Å²) >= 11 is 0. The SMILES string of the molecule is CC[C@H](C)[C@@H]([C@@H](CC(=O)N1CCC[C@H]1[C@H](OC)[C@@H](C)C(=O)N[C@H](C)[C@@H](O)c1ccccc1)OC)N(C)C(=O)[C@@H](CC(=O)[C@H](C(C)C)N(C)C(=O)OCc1ccc(NC(=O)[C@H](C)NC(=O)[C@@H](NC(=O)CCOCCOCCOCCOCCOCCOCCOCCOCCNC(=O)CCCCCCC(=O)/C=C\C(=O)OC)C(C)C)cc1)C(C)C. The second-order valence-electron chi connectivity index (χ2n) is 31.1. The third kappa shape index (κ3) is 41.0. The summed E-state index contributed by atoms with van der Waals surface area (Å²) < 4.78 is 66.5. The van der Waals surface area contributed by atoms with E-state index in [0.717, 1.165) is 25.3 Å². The molecule has 2 aromatic carbocycles. The Morgan fingerprint density at radius 2 is 1.11 bits per heavy atom. The topological polar surface area (TPSA) is 389 Å². The zero-order valence-electron chi connectivity index (χ0n) is 73.6. The molecule has 0 bridgehead atoms. The highest BCUT2D eigenvalue weighted by molar-refractivity contribution is 5.98. The standard InChI is InChI=1S/C87H142N8O24/c1-17-62(8)80(73(108-14)57-76(100)95-39-25-29-71(95)82(110-16)63(9)83(103)89-64(10)81(102)67-26-21-20-22-27-67)93(12)86(106)70(59(2)3)56-72(97)79(61(6)7)94(13)87(107)119-58-66-31-33-68(34-32-66)91-84(104)65(11)90-85(105)78(60(4)5)92-75(99)37-40-111-42-44-113-46-48-115-50-52-117-54-55-118-53-51-116-49-47-114-45-43-112-41-38-88-74(98)30-24-19-18-23-28-69(96)35-36-77(101)109-15/h20-22,26-27,31-36,59-65,70-71,73,78-82,102H,17-19,23-25,28-30,37-58H2,1-16H3,(H,88,98)(H,89,103)(H,90,105)(H,91,104)(H,92,99)/b36-35-/t62-,63+,64+,65-,70-,71-,73+,78-,79-,80-,81+,82+/m0/s1. The maximum Gasteiger partial charge on any atom is 0.410 e. The number of unbranched alkanes of at least 4 members (excludes halogenated alkanes) is 3. The lowest BCUT2D eigenvalue weighted by Gasteiger charge is -2.41. The number of aliphatic hydroxyl groups excluding tert-OH is 1. The van der Waals surface area contributed by atoms with Crippen molar-refractivity contribution in [3.05, 3.63) is 77.9 Å². The quantitative estimate of drug-likeness (QED) is 0.0212. The van der Waals surface area contributed by atoms with Gasteiger partial charge in [-0.15, -0.1) is 0 Å². The number of carbonyl (C=O) groups is 11. The summed E-state index contributed by atoms with van der Waals surface area (Å²) in [5.74, 6) is -5.97. The fourth-order valence-electron chi connectivity index (χ4n) is 13.8. The van der Waals surface area contributed by atoms with E-state index in [1.165, 1.54) is 46.3 Å². The van der Waals surface area contributed by atoms with E-state index in [-0.39, 0.29) is 105 Å². The van der Waals surface area contributed by atoms with E-state index >= 15 is 0 Å². The van der Waals surface area contributed by atoms with Gasteiger partial charge in [-0.2, -0.15) is 0 Å². The van der Waals surface area contributed by atoms with E-state index < -0.39 is 96.2 Å². The van der Waals surface area contributed by atoms with E-state index in [0.29, 0.717) is 154 Å². The van der Waals surface area contributed by atoms with Crippen molar-refractivity contribution in [3.63, 3.8) is 0 Å². The number of amides is 8. The minimum Gasteiger partial charge on any atom is -0.466 e. The number of Topliss-reactive ketones (excluding diaryl/α,β-unsaturated/α-hetero) is 1. The van der Waals surface area contributed by atoms with E-state index in [2.05, 4.69) is 31.3 Å². The molecule has 32 heteroatoms. The van der Waals surface area contributed by atoms with E-state index in [1.54, 1.807) is 80.9 Å². The van der Waals surface area contributed by atoms with Gasteiger partial charge in [-0.3, -0.25) is 43.2 Å². The largest absolute Gasteiger partial charge is 0.466 e. The van der Waals surface area contributed by atoms with Crippen LogP contribution in [0.25, 0.3) is 0 Å². The molecule has 1 fully saturated rings. The molecule has 0 aliphatic carbocycles. The Hall–Kier alpha value is -7.89. The number of likely N-dealkylation sites (N-methyl/N-ethyl adjacent to an activating group) is 2. The number of allylic oxidation sites excluding steroid dienone is 1. The van der Waals surface area contributed by atoms with Crippen LogP contribution in [0.4, 0.5) is 10.5 Å². The lowest BCUT2D eigenvalue weighted by molar-refractivity contribution is -0.149. The second-order valence-corrected chi connectivity index (χ2v) is 31.1. The van der Waals surface area contributed by atoms with Crippen molar-refractivity contribution >= 4 is 70.7 Å². The molecule has 12 atom stereocenters. The van der Waals surface area contributed by atoms with Crippen LogP contribution < -0.4 is 26.6 Å². The molecule has 6 N–H and O–H groups in total. The molecule has 674 valence electrons. The Morgan fingerprint density at radius 3 is 1.62 bits per heavy atom. The molecule has 3 rings (SSSR count). The van der Waals surface area contributed by atoms with Gasteiger partial charge >= 0.3 is 12.1 Å². The Labute approximate surface area is 705 Å². The Morgan fingerprint density at radius 1 is 0.563 bits per heavy atom. The van der Waals surface area contributed by atoms with Crippen LogP contribution in [0, 0.1) is 35.5 Å². The smallest absolute Gasteiger partial charge is 0.410 e. The highest BCUT2D eigenvalue weighted by Gasteiger charge is 2.44. The number of methoxy groups -OCH3 is 3. The molecule has 0 radical (unpaired) electrons. The summed E-state index contributed by atoms with van der Waals surface area (Å²) in [5, 5.41) is 25.0. The maximum atomic E-state index is 14.9. The Balaban J connectivity index is 1.30. The zero-order chi connectivity index (χ0) is 88.2. The second kappa shape index (κ2) is 60.6. The van der Waals surface area contributed by atoms with Crippen LogP contribution in [-0.2, 0) is 111 Å². The number of esters is 1. The number of hydrogen-bond acceptors (Lipinski definition) is 24. The molecule has 0 unspecified atom stereocenters. The average molecular weight is 1680 g/mol. The number of nitrogens with zero attached hydrogens (tertiary/aromatic N) is 3. The lowest BCUT2D eigenvalue weighted by Crippen LogP contribution is -2.55. The van der Waals surface area contributed by atoms with Gasteiger partial charge in [-0.25, -0.2) is 9.59 Å². The molecule has 1 saturated heterocycles. The van der Waals surface area contributed by atoms with Crippen LogP contribution in [0.3, 0.4) is 0 Å². The molecular formula is C87H142N8O24. The van der Waals surface area contributed by atoms with E-state index in [9.17, 15) is 57.8 Å². The number of ether oxygens (including phenoxy) is 12. The van der Waals surface area contributed by atoms with Crippen LogP contribution in [0.5, 0.6) is 0 Å². The number of aliphatic hydroxyl groups is 1. The van der Waals surface area contributed by atoms with Crippen LogP contribution >= 0.6 is 0 Å². The van der Waals surface area contributed by atoms with E-state index in [4.69, 9.17) is 52.1 Å². The lowest BCUT2D eigenvalue weighted by atomic mass is 9.83. The first kappa shape index (κ1) is 105. The van der Waals surface area contributed by atoms with Crippen LogP contribution in [-0.4, -0.2) is 287 Å². The molecule has 119 heavy (non-hydrogen) atoms. The number of rotatable bonds is 65. The van der Waals surface area contributed by atoms with Gasteiger partial charge in [0.05, 0.1) is 168 Å². The summed E-state index contributed by atoms with van der Waals surface area (Å²) in [6.45, 7) is 26.3. The summed E-state index contributed by atoms with van der Waals surface area (Å²) in [7, 11) is 7.47. The summed E-state index contributed by atoms with van der Waals surface area (Å²) in [4.78, 5) is 150. The highest BCUT2D eigenvalue weighted by atomic mass is 16.6. The fraction of sp³-hybridized carbons (Fsp3) is 0.713. The first-order valence-corrected chi connectivity index (χ1v) is 42.2. The molecule has 1 aliphatic heterocycles. The average Bonchev–Trinajstić information content (AvgIpc) is 1.78. The van der Waals surface area contributed by atoms with Crippen molar-refractivity contribution in [2.75, 3.05) is 160 Å². The van der Waals surface area contributed by atoms with Gasteiger partial charge in [0.25, 0.3) is 0 Å². The molecule has 0 saturated carbocycles. The number of benzene rings is 2. The van der Waals surface area contributed by atoms with Crippen molar-refractivity contribution in [2.45, 2.75) is 214 Å². The Kier molecular flexibility index (Phi) is 53.6. The number of likely N-dealkylation sites (tertiary alicyclic amines) is 1. The van der Waals surface area contributed by atoms with Crippen molar-refractivity contribution < 1.29 is 115 Å². The molecule has 0 spiro atoms. The number of ketones is 2.